The molecule has 0 spiro atoms. The summed E-state index contributed by atoms with van der Waals surface area (Å²) in [4.78, 5) is 12.3. The van der Waals surface area contributed by atoms with E-state index in [1.54, 1.807) is 0 Å². The van der Waals surface area contributed by atoms with Crippen molar-refractivity contribution >= 4 is 29.1 Å². The summed E-state index contributed by atoms with van der Waals surface area (Å²) in [5.41, 5.74) is 6.70. The summed E-state index contributed by atoms with van der Waals surface area (Å²) in [7, 11) is 0. The maximum absolute atomic E-state index is 12.3. The van der Waals surface area contributed by atoms with Gasteiger partial charge in [0.2, 0.25) is 5.91 Å². The minimum Gasteiger partial charge on any atom is -0.350 e. The number of hydrogen-bond acceptors (Lipinski definition) is 2. The second-order valence-electron chi connectivity index (χ2n) is 6.08. The molecule has 0 aliphatic heterocycles. The zero-order chi connectivity index (χ0) is 14.7. The lowest BCUT2D eigenvalue weighted by Crippen LogP contribution is -2.54. The molecule has 3 rings (SSSR count). The van der Waals surface area contributed by atoms with Gasteiger partial charge in [0, 0.05) is 6.54 Å². The highest BCUT2D eigenvalue weighted by atomic mass is 35.5. The van der Waals surface area contributed by atoms with Crippen LogP contribution in [0.2, 0.25) is 0 Å². The number of nitrogens with one attached hydrogen (secondary N) is 1. The number of carbonyl (C=O) groups excluding carboxylic acids is 1. The predicted molar refractivity (Wildman–Crippen MR) is 93.0 cm³/mol. The largest absolute Gasteiger partial charge is 0.350 e. The molecule has 0 saturated heterocycles. The third-order valence-electron chi connectivity index (χ3n) is 4.46. The highest BCUT2D eigenvalue weighted by Gasteiger charge is 2.34. The Morgan fingerprint density at radius 3 is 2.45 bits per heavy atom. The van der Waals surface area contributed by atoms with Crippen LogP contribution in [0.1, 0.15) is 37.7 Å². The number of benzene rings is 2. The van der Waals surface area contributed by atoms with Crippen molar-refractivity contribution in [2.75, 3.05) is 0 Å². The lowest BCUT2D eigenvalue weighted by atomic mass is 9.82. The van der Waals surface area contributed by atoms with Crippen LogP contribution in [0.4, 0.5) is 0 Å². The van der Waals surface area contributed by atoms with Crippen LogP contribution in [0.15, 0.2) is 42.5 Å². The highest BCUT2D eigenvalue weighted by Crippen LogP contribution is 2.26. The Kier molecular flexibility index (Phi) is 5.43. The molecular formula is C18H23ClN2O. The van der Waals surface area contributed by atoms with Gasteiger partial charge in [-0.15, -0.1) is 12.4 Å². The van der Waals surface area contributed by atoms with E-state index in [9.17, 15) is 4.79 Å². The van der Waals surface area contributed by atoms with Crippen molar-refractivity contribution in [3.05, 3.63) is 48.0 Å². The molecule has 0 unspecified atom stereocenters. The summed E-state index contributed by atoms with van der Waals surface area (Å²) in [5.74, 6) is -0.00430. The molecular weight excluding hydrogens is 296 g/mol. The highest BCUT2D eigenvalue weighted by molar-refractivity contribution is 5.86. The lowest BCUT2D eigenvalue weighted by molar-refractivity contribution is -0.127. The number of rotatable bonds is 3. The SMILES string of the molecule is Cl.NC1(C(=O)NCc2ccc3ccccc3c2)CCCCC1. The predicted octanol–water partition coefficient (Wildman–Crippen LogP) is 3.54. The van der Waals surface area contributed by atoms with Crippen molar-refractivity contribution < 1.29 is 4.79 Å². The molecule has 3 N–H and O–H groups in total. The molecule has 4 heteroatoms. The minimum absolute atomic E-state index is 0. The maximum atomic E-state index is 12.3. The fourth-order valence-electron chi connectivity index (χ4n) is 3.12. The smallest absolute Gasteiger partial charge is 0.240 e. The molecule has 0 radical (unpaired) electrons. The first-order chi connectivity index (χ1) is 10.2. The molecule has 22 heavy (non-hydrogen) atoms. The van der Waals surface area contributed by atoms with Crippen molar-refractivity contribution in [2.45, 2.75) is 44.2 Å². The zero-order valence-corrected chi connectivity index (χ0v) is 13.5. The van der Waals surface area contributed by atoms with Crippen molar-refractivity contribution in [2.24, 2.45) is 5.73 Å². The monoisotopic (exact) mass is 318 g/mol. The summed E-state index contributed by atoms with van der Waals surface area (Å²) in [5, 5.41) is 5.43. The number of nitrogens with two attached hydrogens (primary N) is 1. The molecule has 0 atom stereocenters. The fourth-order valence-corrected chi connectivity index (χ4v) is 3.12. The second-order valence-corrected chi connectivity index (χ2v) is 6.08. The van der Waals surface area contributed by atoms with Gasteiger partial charge in [-0.2, -0.15) is 0 Å². The van der Waals surface area contributed by atoms with Gasteiger partial charge in [-0.25, -0.2) is 0 Å². The van der Waals surface area contributed by atoms with Gasteiger partial charge in [0.15, 0.2) is 0 Å². The molecule has 1 aliphatic rings. The molecule has 0 heterocycles. The van der Waals surface area contributed by atoms with Crippen LogP contribution in [0.3, 0.4) is 0 Å². The summed E-state index contributed by atoms with van der Waals surface area (Å²) < 4.78 is 0. The van der Waals surface area contributed by atoms with Crippen molar-refractivity contribution in [1.29, 1.82) is 0 Å². The van der Waals surface area contributed by atoms with Gasteiger partial charge >= 0.3 is 0 Å². The molecule has 2 aromatic rings. The molecule has 1 amide bonds. The topological polar surface area (TPSA) is 55.1 Å². The Labute approximate surface area is 137 Å². The summed E-state index contributed by atoms with van der Waals surface area (Å²) in [6, 6.07) is 14.5. The zero-order valence-electron chi connectivity index (χ0n) is 12.7. The summed E-state index contributed by atoms with van der Waals surface area (Å²) in [6.07, 6.45) is 4.91. The molecule has 1 saturated carbocycles. The number of hydrogen-bond donors (Lipinski definition) is 2. The van der Waals surface area contributed by atoms with E-state index in [-0.39, 0.29) is 18.3 Å². The average molecular weight is 319 g/mol. The fraction of sp³-hybridized carbons (Fsp3) is 0.389. The molecule has 1 aliphatic carbocycles. The molecule has 2 aromatic carbocycles. The quantitative estimate of drug-likeness (QED) is 0.909. The van der Waals surface area contributed by atoms with Crippen molar-refractivity contribution in [3.8, 4) is 0 Å². The van der Waals surface area contributed by atoms with Gasteiger partial charge in [-0.1, -0.05) is 55.7 Å². The Bertz CT molecular complexity index is 650. The summed E-state index contributed by atoms with van der Waals surface area (Å²) in [6.45, 7) is 0.544. The number of amides is 1. The molecule has 0 bridgehead atoms. The van der Waals surface area contributed by atoms with Crippen LogP contribution < -0.4 is 11.1 Å². The van der Waals surface area contributed by atoms with Crippen LogP contribution in [0, 0.1) is 0 Å². The average Bonchev–Trinajstić information content (AvgIpc) is 2.53. The Hall–Kier alpha value is -1.58. The van der Waals surface area contributed by atoms with Crippen molar-refractivity contribution in [3.63, 3.8) is 0 Å². The number of carbonyl (C=O) groups is 1. The Morgan fingerprint density at radius 2 is 1.73 bits per heavy atom. The third kappa shape index (κ3) is 3.60. The molecule has 1 fully saturated rings. The Morgan fingerprint density at radius 1 is 1.05 bits per heavy atom. The van der Waals surface area contributed by atoms with Gasteiger partial charge in [-0.3, -0.25) is 4.79 Å². The van der Waals surface area contributed by atoms with Crippen LogP contribution in [0.25, 0.3) is 10.8 Å². The number of halogens is 1. The first kappa shape index (κ1) is 16.8. The van der Waals surface area contributed by atoms with E-state index in [0.717, 1.165) is 31.2 Å². The van der Waals surface area contributed by atoms with E-state index in [2.05, 4.69) is 35.6 Å². The Balaban J connectivity index is 0.00000176. The molecule has 118 valence electrons. The summed E-state index contributed by atoms with van der Waals surface area (Å²) >= 11 is 0. The standard InChI is InChI=1S/C18H22N2O.ClH/c19-18(10-4-1-5-11-18)17(21)20-13-14-8-9-15-6-2-3-7-16(15)12-14;/h2-3,6-9,12H,1,4-5,10-11,13,19H2,(H,20,21);1H. The van der Waals surface area contributed by atoms with Gasteiger partial charge < -0.3 is 11.1 Å². The third-order valence-corrected chi connectivity index (χ3v) is 4.46. The van der Waals surface area contributed by atoms with Crippen LogP contribution in [0.5, 0.6) is 0 Å². The van der Waals surface area contributed by atoms with Gasteiger partial charge in [0.05, 0.1) is 5.54 Å². The van der Waals surface area contributed by atoms with Gasteiger partial charge in [0.1, 0.15) is 0 Å². The first-order valence-corrected chi connectivity index (χ1v) is 7.72. The van der Waals surface area contributed by atoms with E-state index in [1.807, 2.05) is 12.1 Å². The van der Waals surface area contributed by atoms with E-state index in [4.69, 9.17) is 5.73 Å². The first-order valence-electron chi connectivity index (χ1n) is 7.72. The van der Waals surface area contributed by atoms with Crippen LogP contribution in [-0.2, 0) is 11.3 Å². The van der Waals surface area contributed by atoms with Gasteiger partial charge in [-0.05, 0) is 35.2 Å². The van der Waals surface area contributed by atoms with E-state index in [0.29, 0.717) is 6.54 Å². The van der Waals surface area contributed by atoms with E-state index < -0.39 is 5.54 Å². The van der Waals surface area contributed by atoms with Gasteiger partial charge in [0.25, 0.3) is 0 Å². The second kappa shape index (κ2) is 7.12. The normalized spacial score (nSPS) is 16.8. The van der Waals surface area contributed by atoms with E-state index in [1.165, 1.54) is 17.2 Å². The lowest BCUT2D eigenvalue weighted by Gasteiger charge is -2.31. The minimum atomic E-state index is -0.658. The van der Waals surface area contributed by atoms with Crippen LogP contribution in [-0.4, -0.2) is 11.4 Å². The molecule has 3 nitrogen and oxygen atoms in total. The van der Waals surface area contributed by atoms with Crippen LogP contribution >= 0.6 is 12.4 Å². The maximum Gasteiger partial charge on any atom is 0.240 e. The number of fused-ring (bicyclic) bond motifs is 1. The molecule has 0 aromatic heterocycles. The van der Waals surface area contributed by atoms with Crippen molar-refractivity contribution in [1.82, 2.24) is 5.32 Å². The van der Waals surface area contributed by atoms with E-state index >= 15 is 0 Å².